The Balaban J connectivity index is 1.52. The van der Waals surface area contributed by atoms with Gasteiger partial charge in [-0.05, 0) is 50.1 Å². The van der Waals surface area contributed by atoms with Crippen molar-refractivity contribution in [3.63, 3.8) is 0 Å². The Hall–Kier alpha value is -3.92. The second-order valence-electron chi connectivity index (χ2n) is 9.71. The van der Waals surface area contributed by atoms with Gasteiger partial charge < -0.3 is 14.7 Å². The molecule has 1 aliphatic heterocycles. The first-order valence-electron chi connectivity index (χ1n) is 11.6. The third-order valence-corrected chi connectivity index (χ3v) is 7.01. The SMILES string of the molecule is CN1C(=O)c2cccc(OC(F)F)c2C2CC1c1nn3ccc(-c4cnc(C(C)(C)O)nc4)cc3c12. The number of nitrogens with zero attached hydrogens (tertiary/aromatic N) is 5. The van der Waals surface area contributed by atoms with Crippen molar-refractivity contribution < 1.29 is 23.4 Å². The molecule has 4 aromatic rings. The molecule has 2 atom stereocenters. The van der Waals surface area contributed by atoms with Crippen LogP contribution in [0.25, 0.3) is 16.6 Å². The van der Waals surface area contributed by atoms with Crippen molar-refractivity contribution in [2.45, 2.75) is 44.4 Å². The van der Waals surface area contributed by atoms with Gasteiger partial charge in [-0.2, -0.15) is 13.9 Å². The molecule has 3 aromatic heterocycles. The summed E-state index contributed by atoms with van der Waals surface area (Å²) in [6.45, 7) is 0.234. The van der Waals surface area contributed by atoms with Crippen molar-refractivity contribution in [1.82, 2.24) is 24.5 Å². The van der Waals surface area contributed by atoms with Crippen LogP contribution in [0.3, 0.4) is 0 Å². The molecule has 0 spiro atoms. The molecule has 2 aliphatic rings. The van der Waals surface area contributed by atoms with Gasteiger partial charge in [0.05, 0.1) is 17.3 Å². The number of hydrogen-bond donors (Lipinski definition) is 1. The zero-order valence-corrected chi connectivity index (χ0v) is 19.8. The van der Waals surface area contributed by atoms with Gasteiger partial charge in [0.2, 0.25) is 0 Å². The van der Waals surface area contributed by atoms with Crippen molar-refractivity contribution in [3.05, 3.63) is 77.1 Å². The fourth-order valence-electron chi connectivity index (χ4n) is 5.33. The van der Waals surface area contributed by atoms with E-state index in [-0.39, 0.29) is 23.6 Å². The Morgan fingerprint density at radius 2 is 1.89 bits per heavy atom. The van der Waals surface area contributed by atoms with Crippen LogP contribution in [-0.4, -0.2) is 49.2 Å². The number of fused-ring (bicyclic) bond motifs is 9. The van der Waals surface area contributed by atoms with Crippen LogP contribution in [0.2, 0.25) is 0 Å². The van der Waals surface area contributed by atoms with Crippen LogP contribution in [0, 0.1) is 0 Å². The summed E-state index contributed by atoms with van der Waals surface area (Å²) >= 11 is 0. The van der Waals surface area contributed by atoms with E-state index in [0.717, 1.165) is 27.9 Å². The quantitative estimate of drug-likeness (QED) is 0.458. The smallest absolute Gasteiger partial charge is 0.387 e. The maximum Gasteiger partial charge on any atom is 0.387 e. The molecular formula is C26H23F2N5O3. The summed E-state index contributed by atoms with van der Waals surface area (Å²) in [6.07, 6.45) is 5.66. The second-order valence-corrected chi connectivity index (χ2v) is 9.71. The van der Waals surface area contributed by atoms with Crippen LogP contribution < -0.4 is 4.74 Å². The minimum atomic E-state index is -3.01. The lowest BCUT2D eigenvalue weighted by atomic mass is 9.88. The number of pyridine rings is 1. The van der Waals surface area contributed by atoms with E-state index in [1.54, 1.807) is 54.8 Å². The maximum atomic E-state index is 13.3. The number of rotatable bonds is 4. The molecule has 1 N–H and O–H groups in total. The largest absolute Gasteiger partial charge is 0.434 e. The zero-order valence-electron chi connectivity index (χ0n) is 19.8. The number of amides is 1. The van der Waals surface area contributed by atoms with Gasteiger partial charge in [0.15, 0.2) is 5.82 Å². The Morgan fingerprint density at radius 3 is 2.58 bits per heavy atom. The first-order chi connectivity index (χ1) is 17.1. The summed E-state index contributed by atoms with van der Waals surface area (Å²) in [4.78, 5) is 23.5. The molecule has 8 nitrogen and oxygen atoms in total. The van der Waals surface area contributed by atoms with Gasteiger partial charge in [0.25, 0.3) is 5.91 Å². The Labute approximate surface area is 205 Å². The predicted molar refractivity (Wildman–Crippen MR) is 126 cm³/mol. The van der Waals surface area contributed by atoms with Crippen molar-refractivity contribution >= 4 is 11.4 Å². The summed E-state index contributed by atoms with van der Waals surface area (Å²) < 4.78 is 33.2. The maximum absolute atomic E-state index is 13.3. The van der Waals surface area contributed by atoms with Crippen LogP contribution in [0.1, 0.15) is 65.2 Å². The number of halogens is 2. The molecule has 0 saturated heterocycles. The van der Waals surface area contributed by atoms with Gasteiger partial charge in [0.1, 0.15) is 11.4 Å². The molecule has 1 aromatic carbocycles. The number of hydrogen-bond acceptors (Lipinski definition) is 6. The molecular weight excluding hydrogens is 468 g/mol. The Kier molecular flexibility index (Phi) is 4.88. The van der Waals surface area contributed by atoms with E-state index in [9.17, 15) is 18.7 Å². The fraction of sp³-hybridized carbons (Fsp3) is 0.308. The van der Waals surface area contributed by atoms with E-state index in [1.807, 2.05) is 18.3 Å². The number of aromatic nitrogens is 4. The Bertz CT molecular complexity index is 1510. The third-order valence-electron chi connectivity index (χ3n) is 7.01. The van der Waals surface area contributed by atoms with E-state index >= 15 is 0 Å². The van der Waals surface area contributed by atoms with E-state index < -0.39 is 12.2 Å². The third kappa shape index (κ3) is 3.35. The summed E-state index contributed by atoms with van der Waals surface area (Å²) in [5.41, 5.74) is 3.72. The number of carbonyl (C=O) groups is 1. The molecule has 1 aliphatic carbocycles. The molecule has 1 amide bonds. The normalized spacial score (nSPS) is 19.0. The van der Waals surface area contributed by atoms with Gasteiger partial charge >= 0.3 is 6.61 Å². The molecule has 36 heavy (non-hydrogen) atoms. The molecule has 4 heterocycles. The van der Waals surface area contributed by atoms with Gasteiger partial charge in [0, 0.05) is 53.8 Å². The lowest BCUT2D eigenvalue weighted by Crippen LogP contribution is -2.30. The standard InChI is InChI=1S/C26H23F2N5O3/c1-26(2,35)24-29-11-14(12-30-24)13-7-8-33-17(9-13)21-16-10-18(22(21)31-33)32(3)23(34)15-5-4-6-19(20(15)16)36-25(27)28/h4-9,11-12,16,18,25,35H,10H2,1-3H3. The monoisotopic (exact) mass is 491 g/mol. The van der Waals surface area contributed by atoms with Crippen molar-refractivity contribution in [3.8, 4) is 16.9 Å². The number of aliphatic hydroxyl groups is 1. The lowest BCUT2D eigenvalue weighted by molar-refractivity contribution is -0.0505. The van der Waals surface area contributed by atoms with Crippen molar-refractivity contribution in [1.29, 1.82) is 0 Å². The zero-order chi connectivity index (χ0) is 25.4. The summed E-state index contributed by atoms with van der Waals surface area (Å²) in [7, 11) is 1.71. The molecule has 0 saturated carbocycles. The van der Waals surface area contributed by atoms with Crippen LogP contribution in [0.5, 0.6) is 5.75 Å². The molecule has 2 unspecified atom stereocenters. The minimum absolute atomic E-state index is 0.00821. The highest BCUT2D eigenvalue weighted by molar-refractivity contribution is 5.98. The molecule has 0 fully saturated rings. The molecule has 10 heteroatoms. The highest BCUT2D eigenvalue weighted by Gasteiger charge is 2.46. The van der Waals surface area contributed by atoms with Crippen LogP contribution in [-0.2, 0) is 5.60 Å². The fourth-order valence-corrected chi connectivity index (χ4v) is 5.33. The number of ether oxygens (including phenoxy) is 1. The van der Waals surface area contributed by atoms with E-state index in [2.05, 4.69) is 9.97 Å². The van der Waals surface area contributed by atoms with E-state index in [0.29, 0.717) is 23.4 Å². The van der Waals surface area contributed by atoms with Crippen LogP contribution >= 0.6 is 0 Å². The molecule has 6 rings (SSSR count). The average Bonchev–Trinajstić information content (AvgIpc) is 3.36. The lowest BCUT2D eigenvalue weighted by Gasteiger charge is -2.23. The molecule has 2 bridgehead atoms. The Morgan fingerprint density at radius 1 is 1.14 bits per heavy atom. The summed E-state index contributed by atoms with van der Waals surface area (Å²) in [5, 5.41) is 14.9. The van der Waals surface area contributed by atoms with Gasteiger partial charge in [-0.15, -0.1) is 0 Å². The minimum Gasteiger partial charge on any atom is -0.434 e. The predicted octanol–water partition coefficient (Wildman–Crippen LogP) is 4.28. The number of benzene rings is 1. The van der Waals surface area contributed by atoms with Crippen LogP contribution in [0.15, 0.2) is 48.9 Å². The number of alkyl halides is 2. The first kappa shape index (κ1) is 22.5. The molecule has 0 radical (unpaired) electrons. The average molecular weight is 491 g/mol. The van der Waals surface area contributed by atoms with Crippen LogP contribution in [0.4, 0.5) is 8.78 Å². The topological polar surface area (TPSA) is 92.9 Å². The number of carbonyl (C=O) groups excluding carboxylic acids is 1. The molecule has 184 valence electrons. The van der Waals surface area contributed by atoms with E-state index in [1.165, 1.54) is 6.07 Å². The van der Waals surface area contributed by atoms with Gasteiger partial charge in [-0.25, -0.2) is 14.5 Å². The second kappa shape index (κ2) is 7.79. The van der Waals surface area contributed by atoms with Gasteiger partial charge in [-0.1, -0.05) is 6.07 Å². The van der Waals surface area contributed by atoms with Gasteiger partial charge in [-0.3, -0.25) is 4.79 Å². The first-order valence-corrected chi connectivity index (χ1v) is 11.6. The van der Waals surface area contributed by atoms with Crippen molar-refractivity contribution in [2.24, 2.45) is 0 Å². The van der Waals surface area contributed by atoms with Crippen molar-refractivity contribution in [2.75, 3.05) is 7.05 Å². The van der Waals surface area contributed by atoms with E-state index in [4.69, 9.17) is 9.84 Å². The summed E-state index contributed by atoms with van der Waals surface area (Å²) in [5.74, 6) is -0.262. The highest BCUT2D eigenvalue weighted by Crippen LogP contribution is 2.53. The summed E-state index contributed by atoms with van der Waals surface area (Å²) in [6, 6.07) is 8.26. The highest BCUT2D eigenvalue weighted by atomic mass is 19.3.